The Bertz CT molecular complexity index is 222. The highest BCUT2D eigenvalue weighted by Gasteiger charge is 1.93. The number of hydrazine groups is 1. The van der Waals surface area contributed by atoms with Gasteiger partial charge >= 0.3 is 0 Å². The molecule has 3 nitrogen and oxygen atoms in total. The lowest BCUT2D eigenvalue weighted by Crippen LogP contribution is -2.29. The zero-order chi connectivity index (χ0) is 11.4. The van der Waals surface area contributed by atoms with Crippen LogP contribution in [-0.4, -0.2) is 33.0 Å². The largest absolute Gasteiger partial charge is 0.289 e. The highest BCUT2D eigenvalue weighted by Crippen LogP contribution is 1.93. The highest BCUT2D eigenvalue weighted by atomic mass is 19.1. The van der Waals surface area contributed by atoms with Gasteiger partial charge in [-0.3, -0.25) is 15.8 Å². The fourth-order valence-electron chi connectivity index (χ4n) is 0.876. The second-order valence-electron chi connectivity index (χ2n) is 2.95. The summed E-state index contributed by atoms with van der Waals surface area (Å²) in [6.45, 7) is 2.66. The van der Waals surface area contributed by atoms with Gasteiger partial charge in [-0.05, 0) is 25.1 Å². The monoisotopic (exact) mass is 213 g/mol. The highest BCUT2D eigenvalue weighted by molar-refractivity contribution is 5.70. The van der Waals surface area contributed by atoms with Gasteiger partial charge < -0.3 is 0 Å². The lowest BCUT2D eigenvalue weighted by atomic mass is 10.3. The first-order chi connectivity index (χ1) is 7.35. The van der Waals surface area contributed by atoms with Gasteiger partial charge in [0.25, 0.3) is 0 Å². The van der Waals surface area contributed by atoms with E-state index in [9.17, 15) is 4.39 Å². The summed E-state index contributed by atoms with van der Waals surface area (Å²) in [7, 11) is 1.75. The minimum atomic E-state index is -0.436. The first-order valence-electron chi connectivity index (χ1n) is 5.13. The van der Waals surface area contributed by atoms with E-state index in [4.69, 9.17) is 0 Å². The van der Waals surface area contributed by atoms with Crippen molar-refractivity contribution in [1.82, 2.24) is 10.9 Å². The Labute approximate surface area is 91.1 Å². The summed E-state index contributed by atoms with van der Waals surface area (Å²) < 4.78 is 12.4. The zero-order valence-corrected chi connectivity index (χ0v) is 9.46. The van der Waals surface area contributed by atoms with E-state index >= 15 is 0 Å². The number of halogens is 1. The second kappa shape index (κ2) is 11.1. The van der Waals surface area contributed by atoms with Crippen molar-refractivity contribution in [2.75, 3.05) is 26.8 Å². The van der Waals surface area contributed by atoms with Crippen molar-refractivity contribution in [2.45, 2.75) is 13.3 Å². The van der Waals surface area contributed by atoms with Crippen LogP contribution in [0.2, 0.25) is 0 Å². The van der Waals surface area contributed by atoms with Crippen molar-refractivity contribution >= 4 is 6.21 Å². The number of hydrogen-bond donors (Lipinski definition) is 2. The molecule has 0 radical (unpaired) electrons. The number of rotatable bonds is 8. The van der Waals surface area contributed by atoms with E-state index in [0.717, 1.165) is 6.42 Å². The summed E-state index contributed by atoms with van der Waals surface area (Å²) in [6, 6.07) is 0. The Balaban J connectivity index is 3.79. The molecule has 0 aromatic heterocycles. The molecular weight excluding hydrogens is 193 g/mol. The van der Waals surface area contributed by atoms with Crippen molar-refractivity contribution in [3.05, 3.63) is 23.8 Å². The van der Waals surface area contributed by atoms with Crippen LogP contribution in [0.4, 0.5) is 4.39 Å². The van der Waals surface area contributed by atoms with Crippen LogP contribution in [0.5, 0.6) is 0 Å². The van der Waals surface area contributed by atoms with E-state index in [1.54, 1.807) is 19.3 Å². The van der Waals surface area contributed by atoms with Crippen LogP contribution in [0.25, 0.3) is 0 Å². The van der Waals surface area contributed by atoms with Gasteiger partial charge in [-0.25, -0.2) is 4.39 Å². The molecule has 0 saturated heterocycles. The van der Waals surface area contributed by atoms with Crippen molar-refractivity contribution < 1.29 is 4.39 Å². The van der Waals surface area contributed by atoms with E-state index in [-0.39, 0.29) is 0 Å². The topological polar surface area (TPSA) is 36.4 Å². The predicted molar refractivity (Wildman–Crippen MR) is 63.9 cm³/mol. The molecule has 0 aromatic carbocycles. The number of nitrogens with zero attached hydrogens (tertiary/aromatic N) is 1. The second-order valence-corrected chi connectivity index (χ2v) is 2.95. The van der Waals surface area contributed by atoms with E-state index in [1.165, 1.54) is 0 Å². The predicted octanol–water partition coefficient (Wildman–Crippen LogP) is 1.64. The zero-order valence-electron chi connectivity index (χ0n) is 9.46. The van der Waals surface area contributed by atoms with E-state index < -0.39 is 6.67 Å². The maximum atomic E-state index is 12.4. The van der Waals surface area contributed by atoms with E-state index in [0.29, 0.717) is 18.7 Å². The summed E-state index contributed by atoms with van der Waals surface area (Å²) in [4.78, 5) is 4.10. The van der Waals surface area contributed by atoms with Gasteiger partial charge in [-0.1, -0.05) is 19.1 Å². The van der Waals surface area contributed by atoms with Gasteiger partial charge in [-0.15, -0.1) is 0 Å². The molecule has 0 unspecified atom stereocenters. The number of aliphatic imine (C=N–C) groups is 1. The number of alkyl halides is 1. The SMILES string of the molecule is CC/C=C\C=N\C/C=C(/CF)CNNC. The smallest absolute Gasteiger partial charge is 0.112 e. The minimum absolute atomic E-state index is 0.436. The van der Waals surface area contributed by atoms with E-state index in [2.05, 4.69) is 22.8 Å². The van der Waals surface area contributed by atoms with Crippen LogP contribution in [0.3, 0.4) is 0 Å². The molecule has 0 bridgehead atoms. The van der Waals surface area contributed by atoms with Crippen molar-refractivity contribution in [2.24, 2.45) is 4.99 Å². The maximum Gasteiger partial charge on any atom is 0.112 e. The summed E-state index contributed by atoms with van der Waals surface area (Å²) in [5.41, 5.74) is 6.29. The minimum Gasteiger partial charge on any atom is -0.289 e. The Morgan fingerprint density at radius 3 is 2.87 bits per heavy atom. The Hall–Kier alpha value is -1.00. The number of nitrogens with one attached hydrogen (secondary N) is 2. The average Bonchev–Trinajstić information content (AvgIpc) is 2.27. The third-order valence-corrected chi connectivity index (χ3v) is 1.71. The lowest BCUT2D eigenvalue weighted by molar-refractivity contribution is 0.516. The van der Waals surface area contributed by atoms with Crippen LogP contribution in [0.15, 0.2) is 28.8 Å². The third-order valence-electron chi connectivity index (χ3n) is 1.71. The first kappa shape index (κ1) is 14.0. The molecule has 2 N–H and O–H groups in total. The Morgan fingerprint density at radius 1 is 1.47 bits per heavy atom. The molecule has 0 aliphatic rings. The van der Waals surface area contributed by atoms with Crippen molar-refractivity contribution in [3.8, 4) is 0 Å². The molecule has 4 heteroatoms. The van der Waals surface area contributed by atoms with Gasteiger partial charge in [0.1, 0.15) is 6.67 Å². The molecule has 0 saturated carbocycles. The van der Waals surface area contributed by atoms with Crippen LogP contribution < -0.4 is 10.9 Å². The molecule has 86 valence electrons. The third kappa shape index (κ3) is 9.31. The normalized spacial score (nSPS) is 13.1. The molecule has 0 fully saturated rings. The van der Waals surface area contributed by atoms with Gasteiger partial charge in [0.2, 0.25) is 0 Å². The number of allylic oxidation sites excluding steroid dienone is 2. The first-order valence-corrected chi connectivity index (χ1v) is 5.13. The van der Waals surface area contributed by atoms with Crippen LogP contribution >= 0.6 is 0 Å². The van der Waals surface area contributed by atoms with Crippen molar-refractivity contribution in [1.29, 1.82) is 0 Å². The lowest BCUT2D eigenvalue weighted by Gasteiger charge is -2.02. The molecule has 0 spiro atoms. The van der Waals surface area contributed by atoms with Gasteiger partial charge in [0.05, 0.1) is 6.54 Å². The summed E-state index contributed by atoms with van der Waals surface area (Å²) in [5, 5.41) is 0. The van der Waals surface area contributed by atoms with Crippen molar-refractivity contribution in [3.63, 3.8) is 0 Å². The molecular formula is C11H20FN3. The molecule has 0 atom stereocenters. The van der Waals surface area contributed by atoms with Gasteiger partial charge in [0.15, 0.2) is 0 Å². The fourth-order valence-corrected chi connectivity index (χ4v) is 0.876. The quantitative estimate of drug-likeness (QED) is 0.365. The Kier molecular flexibility index (Phi) is 10.3. The standard InChI is InChI=1S/C11H20FN3/c1-3-4-5-7-14-8-6-11(9-12)10-15-13-2/h4-7,13,15H,3,8-10H2,1-2H3/b5-4-,11-6-,14-7+. The average molecular weight is 213 g/mol. The fraction of sp³-hybridized carbons (Fsp3) is 0.545. The van der Waals surface area contributed by atoms with Crippen LogP contribution in [0.1, 0.15) is 13.3 Å². The van der Waals surface area contributed by atoms with Gasteiger partial charge in [-0.2, -0.15) is 0 Å². The summed E-state index contributed by atoms with van der Waals surface area (Å²) in [6.07, 6.45) is 8.45. The molecule has 0 aromatic rings. The maximum absolute atomic E-state index is 12.4. The Morgan fingerprint density at radius 2 is 2.27 bits per heavy atom. The van der Waals surface area contributed by atoms with Crippen LogP contribution in [-0.2, 0) is 0 Å². The molecule has 0 aliphatic heterocycles. The molecule has 0 heterocycles. The van der Waals surface area contributed by atoms with Gasteiger partial charge in [0, 0.05) is 12.8 Å². The molecule has 0 rings (SSSR count). The van der Waals surface area contributed by atoms with Crippen LogP contribution in [0, 0.1) is 0 Å². The molecule has 0 aliphatic carbocycles. The van der Waals surface area contributed by atoms with E-state index in [1.807, 2.05) is 12.2 Å². The molecule has 0 amide bonds. The summed E-state index contributed by atoms with van der Waals surface area (Å²) in [5.74, 6) is 0. The number of hydrogen-bond acceptors (Lipinski definition) is 3. The summed E-state index contributed by atoms with van der Waals surface area (Å²) >= 11 is 0. The molecule has 15 heavy (non-hydrogen) atoms.